The third kappa shape index (κ3) is 1.61. The van der Waals surface area contributed by atoms with Gasteiger partial charge in [0.05, 0.1) is 11.3 Å². The summed E-state index contributed by atoms with van der Waals surface area (Å²) in [4.78, 5) is 15.8. The van der Waals surface area contributed by atoms with Gasteiger partial charge < -0.3 is 5.73 Å². The summed E-state index contributed by atoms with van der Waals surface area (Å²) in [6.07, 6.45) is 6.80. The Balaban J connectivity index is 2.25. The molecule has 2 aromatic rings. The van der Waals surface area contributed by atoms with E-state index in [-0.39, 0.29) is 0 Å². The van der Waals surface area contributed by atoms with E-state index in [0.29, 0.717) is 11.3 Å². The van der Waals surface area contributed by atoms with Crippen molar-refractivity contribution in [3.05, 3.63) is 59.3 Å². The van der Waals surface area contributed by atoms with E-state index >= 15 is 0 Å². The van der Waals surface area contributed by atoms with Crippen LogP contribution in [0.3, 0.4) is 0 Å². The molecule has 1 aromatic carbocycles. The van der Waals surface area contributed by atoms with Crippen molar-refractivity contribution in [2.24, 2.45) is 5.73 Å². The second-order valence-corrected chi connectivity index (χ2v) is 4.25. The highest BCUT2D eigenvalue weighted by molar-refractivity contribution is 5.99. The normalized spacial score (nSPS) is 12.4. The molecule has 0 aliphatic heterocycles. The van der Waals surface area contributed by atoms with Gasteiger partial charge in [-0.15, -0.1) is 0 Å². The number of carbonyl (C=O) groups excluding carboxylic acids is 1. The SMILES string of the molecule is NC(=O)c1cccnc1-c1cccc2c1C=CC2. The molecule has 0 radical (unpaired) electrons. The molecule has 0 atom stereocenters. The van der Waals surface area contributed by atoms with Gasteiger partial charge in [-0.25, -0.2) is 0 Å². The largest absolute Gasteiger partial charge is 0.366 e. The Labute approximate surface area is 105 Å². The van der Waals surface area contributed by atoms with Gasteiger partial charge in [0, 0.05) is 11.8 Å². The zero-order valence-electron chi connectivity index (χ0n) is 9.76. The highest BCUT2D eigenvalue weighted by Crippen LogP contribution is 2.31. The van der Waals surface area contributed by atoms with E-state index in [0.717, 1.165) is 17.5 Å². The van der Waals surface area contributed by atoms with Crippen LogP contribution in [0.2, 0.25) is 0 Å². The molecule has 1 aliphatic carbocycles. The molecule has 1 aliphatic rings. The van der Waals surface area contributed by atoms with Gasteiger partial charge in [0.1, 0.15) is 0 Å². The Morgan fingerprint density at radius 2 is 2.11 bits per heavy atom. The number of nitrogens with two attached hydrogens (primary N) is 1. The van der Waals surface area contributed by atoms with Crippen molar-refractivity contribution in [2.45, 2.75) is 6.42 Å². The molecule has 0 unspecified atom stereocenters. The van der Waals surface area contributed by atoms with Crippen molar-refractivity contribution in [3.8, 4) is 11.3 Å². The van der Waals surface area contributed by atoms with E-state index < -0.39 is 5.91 Å². The number of hydrogen-bond acceptors (Lipinski definition) is 2. The summed E-state index contributed by atoms with van der Waals surface area (Å²) in [5.74, 6) is -0.447. The van der Waals surface area contributed by atoms with Crippen molar-refractivity contribution in [1.29, 1.82) is 0 Å². The predicted molar refractivity (Wildman–Crippen MR) is 70.9 cm³/mol. The van der Waals surface area contributed by atoms with Gasteiger partial charge in [-0.2, -0.15) is 0 Å². The van der Waals surface area contributed by atoms with Gasteiger partial charge in [-0.1, -0.05) is 30.4 Å². The number of primary amides is 1. The van der Waals surface area contributed by atoms with Crippen molar-refractivity contribution in [3.63, 3.8) is 0 Å². The highest BCUT2D eigenvalue weighted by atomic mass is 16.1. The molecule has 0 saturated carbocycles. The van der Waals surface area contributed by atoms with Crippen LogP contribution in [0.4, 0.5) is 0 Å². The van der Waals surface area contributed by atoms with Gasteiger partial charge in [-0.05, 0) is 29.7 Å². The minimum absolute atomic E-state index is 0.447. The summed E-state index contributed by atoms with van der Waals surface area (Å²) in [5.41, 5.74) is 9.89. The maximum Gasteiger partial charge on any atom is 0.250 e. The van der Waals surface area contributed by atoms with Gasteiger partial charge >= 0.3 is 0 Å². The summed E-state index contributed by atoms with van der Waals surface area (Å²) in [5, 5.41) is 0. The Kier molecular flexibility index (Phi) is 2.45. The summed E-state index contributed by atoms with van der Waals surface area (Å²) in [6, 6.07) is 9.49. The first-order chi connectivity index (χ1) is 8.77. The molecule has 1 aromatic heterocycles. The molecule has 18 heavy (non-hydrogen) atoms. The van der Waals surface area contributed by atoms with Crippen LogP contribution in [0.15, 0.2) is 42.6 Å². The Hall–Kier alpha value is -2.42. The Morgan fingerprint density at radius 1 is 1.22 bits per heavy atom. The second kappa shape index (κ2) is 4.11. The molecule has 3 rings (SSSR count). The standard InChI is InChI=1S/C15H12N2O/c16-15(18)13-8-3-9-17-14(13)12-7-2-5-10-4-1-6-11(10)12/h1-3,5-9H,4H2,(H2,16,18). The maximum absolute atomic E-state index is 11.5. The third-order valence-electron chi connectivity index (χ3n) is 3.15. The zero-order chi connectivity index (χ0) is 12.5. The summed E-state index contributed by atoms with van der Waals surface area (Å²) in [6.45, 7) is 0. The smallest absolute Gasteiger partial charge is 0.250 e. The summed E-state index contributed by atoms with van der Waals surface area (Å²) in [7, 11) is 0. The quantitative estimate of drug-likeness (QED) is 0.870. The van der Waals surface area contributed by atoms with Gasteiger partial charge in [0.25, 0.3) is 5.91 Å². The lowest BCUT2D eigenvalue weighted by Crippen LogP contribution is -2.13. The molecule has 1 heterocycles. The van der Waals surface area contributed by atoms with Crippen LogP contribution < -0.4 is 5.73 Å². The molecular formula is C15H12N2O. The summed E-state index contributed by atoms with van der Waals surface area (Å²) >= 11 is 0. The topological polar surface area (TPSA) is 56.0 Å². The highest BCUT2D eigenvalue weighted by Gasteiger charge is 2.16. The Bertz CT molecular complexity index is 659. The predicted octanol–water partition coefficient (Wildman–Crippen LogP) is 2.42. The number of aromatic nitrogens is 1. The van der Waals surface area contributed by atoms with Gasteiger partial charge in [0.2, 0.25) is 0 Å². The van der Waals surface area contributed by atoms with Crippen LogP contribution in [0, 0.1) is 0 Å². The summed E-state index contributed by atoms with van der Waals surface area (Å²) < 4.78 is 0. The zero-order valence-corrected chi connectivity index (χ0v) is 9.76. The lowest BCUT2D eigenvalue weighted by atomic mass is 9.97. The first kappa shape index (κ1) is 10.7. The van der Waals surface area contributed by atoms with Crippen molar-refractivity contribution >= 4 is 12.0 Å². The molecule has 0 bridgehead atoms. The van der Waals surface area contributed by atoms with Gasteiger partial charge in [0.15, 0.2) is 0 Å². The third-order valence-corrected chi connectivity index (χ3v) is 3.15. The molecule has 0 fully saturated rings. The lowest BCUT2D eigenvalue weighted by Gasteiger charge is -2.09. The van der Waals surface area contributed by atoms with Gasteiger partial charge in [-0.3, -0.25) is 9.78 Å². The molecule has 3 heteroatoms. The number of nitrogens with zero attached hydrogens (tertiary/aromatic N) is 1. The second-order valence-electron chi connectivity index (χ2n) is 4.25. The van der Waals surface area contributed by atoms with E-state index in [1.165, 1.54) is 5.56 Å². The maximum atomic E-state index is 11.5. The number of allylic oxidation sites excluding steroid dienone is 1. The van der Waals surface area contributed by atoms with E-state index in [1.807, 2.05) is 12.1 Å². The number of amides is 1. The molecular weight excluding hydrogens is 224 g/mol. The molecule has 0 saturated heterocycles. The number of carbonyl (C=O) groups is 1. The lowest BCUT2D eigenvalue weighted by molar-refractivity contribution is 0.100. The number of rotatable bonds is 2. The van der Waals surface area contributed by atoms with Crippen LogP contribution in [-0.4, -0.2) is 10.9 Å². The van der Waals surface area contributed by atoms with Crippen LogP contribution in [0.5, 0.6) is 0 Å². The average molecular weight is 236 g/mol. The molecule has 3 nitrogen and oxygen atoms in total. The average Bonchev–Trinajstić information content (AvgIpc) is 2.86. The Morgan fingerprint density at radius 3 is 2.94 bits per heavy atom. The first-order valence-electron chi connectivity index (χ1n) is 5.81. The van der Waals surface area contributed by atoms with Crippen LogP contribution in [0.1, 0.15) is 21.5 Å². The van der Waals surface area contributed by atoms with Crippen molar-refractivity contribution in [1.82, 2.24) is 4.98 Å². The van der Waals surface area contributed by atoms with E-state index in [4.69, 9.17) is 5.73 Å². The number of fused-ring (bicyclic) bond motifs is 1. The van der Waals surface area contributed by atoms with Crippen molar-refractivity contribution < 1.29 is 4.79 Å². The van der Waals surface area contributed by atoms with E-state index in [9.17, 15) is 4.79 Å². The van der Waals surface area contributed by atoms with Crippen LogP contribution in [-0.2, 0) is 6.42 Å². The van der Waals surface area contributed by atoms with Crippen LogP contribution >= 0.6 is 0 Å². The fourth-order valence-electron chi connectivity index (χ4n) is 2.32. The fourth-order valence-corrected chi connectivity index (χ4v) is 2.32. The van der Waals surface area contributed by atoms with E-state index in [1.54, 1.807) is 18.3 Å². The molecule has 1 amide bonds. The minimum Gasteiger partial charge on any atom is -0.366 e. The number of hydrogen-bond donors (Lipinski definition) is 1. The monoisotopic (exact) mass is 236 g/mol. The number of pyridine rings is 1. The number of benzene rings is 1. The molecule has 0 spiro atoms. The van der Waals surface area contributed by atoms with E-state index in [2.05, 4.69) is 23.2 Å². The van der Waals surface area contributed by atoms with Crippen molar-refractivity contribution in [2.75, 3.05) is 0 Å². The van der Waals surface area contributed by atoms with Crippen LogP contribution in [0.25, 0.3) is 17.3 Å². The minimum atomic E-state index is -0.447. The fraction of sp³-hybridized carbons (Fsp3) is 0.0667. The first-order valence-corrected chi connectivity index (χ1v) is 5.81. The molecule has 88 valence electrons. The molecule has 2 N–H and O–H groups in total.